The van der Waals surface area contributed by atoms with Crippen molar-refractivity contribution in [2.24, 2.45) is 5.92 Å². The number of allylic oxidation sites excluding steroid dienone is 2. The van der Waals surface area contributed by atoms with Gasteiger partial charge >= 0.3 is 0 Å². The summed E-state index contributed by atoms with van der Waals surface area (Å²) in [5.41, 5.74) is 0.690. The van der Waals surface area contributed by atoms with E-state index >= 15 is 0 Å². The molecule has 13 heteroatoms. The molecule has 0 aromatic heterocycles. The van der Waals surface area contributed by atoms with Crippen LogP contribution in [0.5, 0.6) is 0 Å². The fourth-order valence-corrected chi connectivity index (χ4v) is 5.27. The monoisotopic (exact) mass is 657 g/mol. The maximum absolute atomic E-state index is 13.9. The summed E-state index contributed by atoms with van der Waals surface area (Å²) in [4.78, 5) is 52.2. The molecule has 0 aromatic carbocycles. The quantitative estimate of drug-likeness (QED) is 0.169. The third-order valence-corrected chi connectivity index (χ3v) is 7.72. The Kier molecular flexibility index (Phi) is 13.8. The summed E-state index contributed by atoms with van der Waals surface area (Å²) in [5.74, 6) is -4.41. The first-order valence-corrected chi connectivity index (χ1v) is 15.2. The standard InChI is InChI=1S/C29H42BrF2N5O5/c1-5-21(15-26(38)33-6-2)16-27(39)35(4)12-7-9-20(3)34-24-18-22(17-23(30)19-25(24)37(41)42)28(40)36-13-8-10-29(31,32)11-14-36/h15,17-20,22,34H,5-14,16H2,1-4H3,(H,33,38)/b21-15+. The second kappa shape index (κ2) is 16.5. The fourth-order valence-electron chi connectivity index (χ4n) is 4.77. The third-order valence-electron chi connectivity index (χ3n) is 7.22. The summed E-state index contributed by atoms with van der Waals surface area (Å²) >= 11 is 3.29. The Morgan fingerprint density at radius 3 is 2.62 bits per heavy atom. The molecule has 1 aliphatic carbocycles. The van der Waals surface area contributed by atoms with E-state index in [9.17, 15) is 33.3 Å². The lowest BCUT2D eigenvalue weighted by Gasteiger charge is -2.24. The van der Waals surface area contributed by atoms with Crippen molar-refractivity contribution in [1.29, 1.82) is 0 Å². The molecule has 1 aliphatic heterocycles. The summed E-state index contributed by atoms with van der Waals surface area (Å²) < 4.78 is 28.1. The van der Waals surface area contributed by atoms with Crippen molar-refractivity contribution in [3.63, 3.8) is 0 Å². The number of alkyl halides is 2. The van der Waals surface area contributed by atoms with Crippen LogP contribution in [0.3, 0.4) is 0 Å². The number of nitrogens with one attached hydrogen (secondary N) is 2. The van der Waals surface area contributed by atoms with Gasteiger partial charge in [0, 0.05) is 75.2 Å². The number of halogens is 3. The van der Waals surface area contributed by atoms with Crippen LogP contribution in [-0.2, 0) is 14.4 Å². The van der Waals surface area contributed by atoms with E-state index in [0.717, 1.165) is 5.57 Å². The molecule has 1 fully saturated rings. The van der Waals surface area contributed by atoms with Gasteiger partial charge in [-0.25, -0.2) is 8.78 Å². The van der Waals surface area contributed by atoms with Gasteiger partial charge in [0.25, 0.3) is 5.70 Å². The smallest absolute Gasteiger partial charge is 0.293 e. The summed E-state index contributed by atoms with van der Waals surface area (Å²) in [6.07, 6.45) is 7.21. The minimum absolute atomic E-state index is 0.0793. The van der Waals surface area contributed by atoms with Crippen LogP contribution in [0.15, 0.2) is 45.8 Å². The molecule has 0 bridgehead atoms. The zero-order valence-electron chi connectivity index (χ0n) is 24.8. The second-order valence-corrected chi connectivity index (χ2v) is 11.6. The highest BCUT2D eigenvalue weighted by Crippen LogP contribution is 2.30. The number of likely N-dealkylation sites (tertiary alicyclic amines) is 1. The molecule has 0 radical (unpaired) electrons. The van der Waals surface area contributed by atoms with Crippen molar-refractivity contribution in [1.82, 2.24) is 20.4 Å². The number of hydrogen-bond donors (Lipinski definition) is 2. The zero-order chi connectivity index (χ0) is 31.4. The topological polar surface area (TPSA) is 125 Å². The summed E-state index contributed by atoms with van der Waals surface area (Å²) in [7, 11) is 1.69. The molecule has 0 aromatic rings. The lowest BCUT2D eigenvalue weighted by Crippen LogP contribution is -2.37. The van der Waals surface area contributed by atoms with E-state index in [1.54, 1.807) is 18.0 Å². The van der Waals surface area contributed by atoms with E-state index in [1.807, 2.05) is 20.8 Å². The van der Waals surface area contributed by atoms with Crippen LogP contribution in [0.2, 0.25) is 0 Å². The predicted octanol–water partition coefficient (Wildman–Crippen LogP) is 4.67. The highest BCUT2D eigenvalue weighted by atomic mass is 79.9. The van der Waals surface area contributed by atoms with Crippen molar-refractivity contribution in [2.75, 3.05) is 33.2 Å². The number of hydrogen-bond acceptors (Lipinski definition) is 6. The van der Waals surface area contributed by atoms with E-state index in [2.05, 4.69) is 26.6 Å². The average molecular weight is 659 g/mol. The maximum Gasteiger partial charge on any atom is 0.293 e. The Hall–Kier alpha value is -3.09. The molecule has 1 heterocycles. The van der Waals surface area contributed by atoms with Gasteiger partial charge in [-0.1, -0.05) is 34.5 Å². The van der Waals surface area contributed by atoms with Gasteiger partial charge in [0.15, 0.2) is 0 Å². The predicted molar refractivity (Wildman–Crippen MR) is 160 cm³/mol. The Balaban J connectivity index is 2.04. The maximum atomic E-state index is 13.9. The van der Waals surface area contributed by atoms with E-state index in [1.165, 1.54) is 23.1 Å². The molecule has 10 nitrogen and oxygen atoms in total. The van der Waals surface area contributed by atoms with Gasteiger partial charge in [0.2, 0.25) is 23.6 Å². The lowest BCUT2D eigenvalue weighted by atomic mass is 10.0. The molecular formula is C29H42BrF2N5O5. The van der Waals surface area contributed by atoms with Gasteiger partial charge in [-0.2, -0.15) is 0 Å². The fraction of sp³-hybridized carbons (Fsp3) is 0.621. The Morgan fingerprint density at radius 2 is 1.98 bits per heavy atom. The third kappa shape index (κ3) is 11.3. The van der Waals surface area contributed by atoms with Crippen molar-refractivity contribution in [2.45, 2.75) is 77.7 Å². The first kappa shape index (κ1) is 35.1. The lowest BCUT2D eigenvalue weighted by molar-refractivity contribution is -0.421. The molecule has 3 amide bonds. The molecule has 2 N–H and O–H groups in total. The van der Waals surface area contributed by atoms with Crippen LogP contribution < -0.4 is 10.6 Å². The number of carbonyl (C=O) groups is 3. The SMILES string of the molecule is CCNC(=O)/C=C(\CC)CC(=O)N(C)CCCC(C)NC1=CC(C(=O)N2CCCC(F)(F)CC2)C=C(Br)C=C1[N+](=O)[O-]. The molecule has 0 saturated carbocycles. The molecule has 2 rings (SSSR count). The van der Waals surface area contributed by atoms with E-state index < -0.39 is 23.2 Å². The van der Waals surface area contributed by atoms with Gasteiger partial charge in [-0.05, 0) is 45.6 Å². The molecule has 0 spiro atoms. The minimum Gasteiger partial charge on any atom is -0.377 e. The van der Waals surface area contributed by atoms with E-state index in [4.69, 9.17) is 0 Å². The Labute approximate surface area is 254 Å². The van der Waals surface area contributed by atoms with Crippen LogP contribution in [0.4, 0.5) is 8.78 Å². The summed E-state index contributed by atoms with van der Waals surface area (Å²) in [6, 6.07) is -0.239. The van der Waals surface area contributed by atoms with Crippen molar-refractivity contribution < 1.29 is 28.1 Å². The first-order chi connectivity index (χ1) is 19.8. The number of rotatable bonds is 13. The number of nitrogens with zero attached hydrogens (tertiary/aromatic N) is 3. The average Bonchev–Trinajstić information content (AvgIpc) is 3.20. The summed E-state index contributed by atoms with van der Waals surface area (Å²) in [5, 5.41) is 17.7. The minimum atomic E-state index is -2.81. The largest absolute Gasteiger partial charge is 0.377 e. The molecule has 2 atom stereocenters. The van der Waals surface area contributed by atoms with Crippen LogP contribution in [0.1, 0.15) is 65.7 Å². The van der Waals surface area contributed by atoms with Crippen molar-refractivity contribution >= 4 is 33.7 Å². The van der Waals surface area contributed by atoms with Gasteiger partial charge in [0.1, 0.15) is 5.70 Å². The van der Waals surface area contributed by atoms with Crippen LogP contribution in [0.25, 0.3) is 0 Å². The Bertz CT molecular complexity index is 1140. The number of likely N-dealkylation sites (N-methyl/N-ethyl adjacent to an activating group) is 1. The van der Waals surface area contributed by atoms with Crippen LogP contribution in [0, 0.1) is 16.0 Å². The number of nitro groups is 1. The molecule has 234 valence electrons. The van der Waals surface area contributed by atoms with Crippen molar-refractivity contribution in [3.8, 4) is 0 Å². The zero-order valence-corrected chi connectivity index (χ0v) is 26.3. The normalized spacial score (nSPS) is 19.8. The highest BCUT2D eigenvalue weighted by molar-refractivity contribution is 9.11. The van der Waals surface area contributed by atoms with E-state index in [0.29, 0.717) is 36.8 Å². The summed E-state index contributed by atoms with van der Waals surface area (Å²) in [6.45, 7) is 6.64. The molecule has 2 unspecified atom stereocenters. The molecule has 1 saturated heterocycles. The second-order valence-electron chi connectivity index (χ2n) is 10.7. The molecule has 2 aliphatic rings. The molecule has 42 heavy (non-hydrogen) atoms. The first-order valence-electron chi connectivity index (χ1n) is 14.4. The van der Waals surface area contributed by atoms with Gasteiger partial charge in [-0.15, -0.1) is 0 Å². The van der Waals surface area contributed by atoms with Crippen LogP contribution in [-0.4, -0.2) is 77.6 Å². The molecular weight excluding hydrogens is 616 g/mol. The number of carbonyl (C=O) groups excluding carboxylic acids is 3. The van der Waals surface area contributed by atoms with Gasteiger partial charge in [-0.3, -0.25) is 24.5 Å². The van der Waals surface area contributed by atoms with E-state index in [-0.39, 0.29) is 67.5 Å². The number of amides is 3. The highest BCUT2D eigenvalue weighted by Gasteiger charge is 2.35. The van der Waals surface area contributed by atoms with Crippen molar-refractivity contribution in [3.05, 3.63) is 55.9 Å². The van der Waals surface area contributed by atoms with Gasteiger partial charge < -0.3 is 20.4 Å². The Morgan fingerprint density at radius 1 is 1.26 bits per heavy atom. The van der Waals surface area contributed by atoms with Crippen LogP contribution >= 0.6 is 15.9 Å². The van der Waals surface area contributed by atoms with Gasteiger partial charge in [0.05, 0.1) is 10.8 Å².